The number of benzene rings is 1. The minimum Gasteiger partial charge on any atom is -0.507 e. The van der Waals surface area contributed by atoms with Gasteiger partial charge in [0.25, 0.3) is 0 Å². The highest BCUT2D eigenvalue weighted by Gasteiger charge is 2.35. The zero-order valence-corrected chi connectivity index (χ0v) is 15.3. The van der Waals surface area contributed by atoms with Crippen molar-refractivity contribution < 1.29 is 19.7 Å². The zero-order valence-electron chi connectivity index (χ0n) is 15.3. The highest BCUT2D eigenvalue weighted by Crippen LogP contribution is 2.45. The number of carbonyl (C=O) groups is 1. The molecule has 1 aromatic rings. The van der Waals surface area contributed by atoms with Gasteiger partial charge in [0.1, 0.15) is 28.4 Å². The van der Waals surface area contributed by atoms with Gasteiger partial charge in [-0.25, -0.2) is 0 Å². The summed E-state index contributed by atoms with van der Waals surface area (Å²) in [5.74, 6) is -0.409. The van der Waals surface area contributed by atoms with E-state index >= 15 is 0 Å². The number of carbonyl (C=O) groups excluding carboxylic acids is 1. The van der Waals surface area contributed by atoms with Crippen molar-refractivity contribution in [1.29, 1.82) is 0 Å². The van der Waals surface area contributed by atoms with E-state index < -0.39 is 0 Å². The summed E-state index contributed by atoms with van der Waals surface area (Å²) < 4.78 is 6.10. The van der Waals surface area contributed by atoms with Gasteiger partial charge in [-0.05, 0) is 46.5 Å². The average Bonchev–Trinajstić information content (AvgIpc) is 2.45. The average molecular weight is 332 g/mol. The first-order chi connectivity index (χ1) is 11.1. The fourth-order valence-corrected chi connectivity index (χ4v) is 3.08. The number of fused-ring (bicyclic) bond motifs is 1. The Balaban J connectivity index is 2.30. The zero-order chi connectivity index (χ0) is 18.1. The van der Waals surface area contributed by atoms with Gasteiger partial charge in [0.2, 0.25) is 0 Å². The number of rotatable bonds is 5. The van der Waals surface area contributed by atoms with Gasteiger partial charge in [0.15, 0.2) is 5.78 Å². The SMILES string of the molecule is CC(C)=CCCC1(C)CCc2c(cc(O)c(C(=O)C(C)C)c2O)O1. The summed E-state index contributed by atoms with van der Waals surface area (Å²) in [5.41, 5.74) is 1.58. The van der Waals surface area contributed by atoms with Crippen LogP contribution in [0.3, 0.4) is 0 Å². The van der Waals surface area contributed by atoms with Gasteiger partial charge >= 0.3 is 0 Å². The monoisotopic (exact) mass is 332 g/mol. The van der Waals surface area contributed by atoms with E-state index in [1.165, 1.54) is 11.6 Å². The number of allylic oxidation sites excluding steroid dienone is 2. The minimum atomic E-state index is -0.332. The van der Waals surface area contributed by atoms with Gasteiger partial charge in [0.05, 0.1) is 0 Å². The Kier molecular flexibility index (Phi) is 5.26. The Labute approximate surface area is 144 Å². The first-order valence-electron chi connectivity index (χ1n) is 8.59. The molecule has 2 rings (SSSR count). The maximum atomic E-state index is 12.2. The van der Waals surface area contributed by atoms with Crippen molar-refractivity contribution in [2.75, 3.05) is 0 Å². The number of Topliss-reactive ketones (excluding diaryl/α,β-unsaturated/α-hetero) is 1. The van der Waals surface area contributed by atoms with Crippen molar-refractivity contribution in [2.24, 2.45) is 5.92 Å². The molecule has 0 bridgehead atoms. The van der Waals surface area contributed by atoms with Gasteiger partial charge < -0.3 is 14.9 Å². The molecule has 0 fully saturated rings. The van der Waals surface area contributed by atoms with Crippen LogP contribution in [0.2, 0.25) is 0 Å². The van der Waals surface area contributed by atoms with Crippen molar-refractivity contribution in [3.05, 3.63) is 28.8 Å². The van der Waals surface area contributed by atoms with E-state index in [9.17, 15) is 15.0 Å². The molecular formula is C20H28O4. The van der Waals surface area contributed by atoms with Crippen LogP contribution in [0.1, 0.15) is 69.8 Å². The first kappa shape index (κ1) is 18.4. The normalized spacial score (nSPS) is 19.6. The van der Waals surface area contributed by atoms with E-state index in [0.717, 1.165) is 19.3 Å². The number of ketones is 1. The van der Waals surface area contributed by atoms with Crippen LogP contribution >= 0.6 is 0 Å². The van der Waals surface area contributed by atoms with Gasteiger partial charge in [-0.1, -0.05) is 25.5 Å². The summed E-state index contributed by atoms with van der Waals surface area (Å²) in [6.07, 6.45) is 5.38. The highest BCUT2D eigenvalue weighted by atomic mass is 16.5. The van der Waals surface area contributed by atoms with Crippen LogP contribution in [0.5, 0.6) is 17.2 Å². The molecule has 1 unspecified atom stereocenters. The Hall–Kier alpha value is -1.97. The van der Waals surface area contributed by atoms with E-state index in [4.69, 9.17) is 4.74 Å². The van der Waals surface area contributed by atoms with Crippen LogP contribution in [0.4, 0.5) is 0 Å². The molecule has 0 saturated carbocycles. The summed E-state index contributed by atoms with van der Waals surface area (Å²) in [5, 5.41) is 20.7. The predicted molar refractivity (Wildman–Crippen MR) is 95.0 cm³/mol. The van der Waals surface area contributed by atoms with E-state index in [1.54, 1.807) is 13.8 Å². The Bertz CT molecular complexity index is 669. The summed E-state index contributed by atoms with van der Waals surface area (Å²) >= 11 is 0. The van der Waals surface area contributed by atoms with Crippen molar-refractivity contribution >= 4 is 5.78 Å². The molecule has 1 atom stereocenters. The van der Waals surface area contributed by atoms with Crippen molar-refractivity contribution in [3.8, 4) is 17.2 Å². The second-order valence-corrected chi connectivity index (χ2v) is 7.49. The van der Waals surface area contributed by atoms with Crippen LogP contribution in [0.25, 0.3) is 0 Å². The lowest BCUT2D eigenvalue weighted by Crippen LogP contribution is -2.36. The summed E-state index contributed by atoms with van der Waals surface area (Å²) in [4.78, 5) is 12.2. The molecule has 0 amide bonds. The number of phenolic OH excluding ortho intramolecular Hbond substituents is 2. The van der Waals surface area contributed by atoms with Gasteiger partial charge in [-0.3, -0.25) is 4.79 Å². The fraction of sp³-hybridized carbons (Fsp3) is 0.550. The minimum absolute atomic E-state index is 0.0143. The topological polar surface area (TPSA) is 66.8 Å². The Morgan fingerprint density at radius 3 is 2.62 bits per heavy atom. The van der Waals surface area contributed by atoms with Crippen LogP contribution in [0.15, 0.2) is 17.7 Å². The molecule has 0 aromatic heterocycles. The van der Waals surface area contributed by atoms with Crippen LogP contribution in [-0.2, 0) is 6.42 Å². The second kappa shape index (κ2) is 6.88. The molecule has 1 aromatic carbocycles. The first-order valence-corrected chi connectivity index (χ1v) is 8.59. The molecule has 1 aliphatic rings. The molecule has 1 aliphatic heterocycles. The molecule has 4 nitrogen and oxygen atoms in total. The lowest BCUT2D eigenvalue weighted by Gasteiger charge is -2.36. The number of hydrogen-bond acceptors (Lipinski definition) is 4. The molecular weight excluding hydrogens is 304 g/mol. The number of ether oxygens (including phenoxy) is 1. The van der Waals surface area contributed by atoms with Gasteiger partial charge in [-0.2, -0.15) is 0 Å². The number of phenols is 2. The third-order valence-electron chi connectivity index (χ3n) is 4.60. The largest absolute Gasteiger partial charge is 0.507 e. The summed E-state index contributed by atoms with van der Waals surface area (Å²) in [6.45, 7) is 9.69. The second-order valence-electron chi connectivity index (χ2n) is 7.49. The summed E-state index contributed by atoms with van der Waals surface area (Å²) in [7, 11) is 0. The van der Waals surface area contributed by atoms with Gasteiger partial charge in [0, 0.05) is 17.5 Å². The third kappa shape index (κ3) is 3.74. The van der Waals surface area contributed by atoms with Crippen molar-refractivity contribution in [1.82, 2.24) is 0 Å². The van der Waals surface area contributed by atoms with Crippen molar-refractivity contribution in [2.45, 2.75) is 65.9 Å². The number of aromatic hydroxyl groups is 2. The molecule has 4 heteroatoms. The summed E-state index contributed by atoms with van der Waals surface area (Å²) in [6, 6.07) is 1.48. The van der Waals surface area contributed by atoms with E-state index in [-0.39, 0.29) is 34.4 Å². The lowest BCUT2D eigenvalue weighted by atomic mass is 9.86. The maximum Gasteiger partial charge on any atom is 0.172 e. The Morgan fingerprint density at radius 1 is 1.38 bits per heavy atom. The molecule has 1 heterocycles. The van der Waals surface area contributed by atoms with Crippen LogP contribution in [-0.4, -0.2) is 21.6 Å². The molecule has 0 aliphatic carbocycles. The van der Waals surface area contributed by atoms with Gasteiger partial charge in [-0.15, -0.1) is 0 Å². The molecule has 132 valence electrons. The van der Waals surface area contributed by atoms with Crippen LogP contribution < -0.4 is 4.74 Å². The smallest absolute Gasteiger partial charge is 0.172 e. The molecule has 24 heavy (non-hydrogen) atoms. The molecule has 0 spiro atoms. The van der Waals surface area contributed by atoms with Crippen LogP contribution in [0, 0.1) is 5.92 Å². The Morgan fingerprint density at radius 2 is 2.04 bits per heavy atom. The quantitative estimate of drug-likeness (QED) is 0.602. The number of hydrogen-bond donors (Lipinski definition) is 2. The predicted octanol–water partition coefficient (Wildman–Crippen LogP) is 4.77. The lowest BCUT2D eigenvalue weighted by molar-refractivity contribution is 0.0560. The van der Waals surface area contributed by atoms with Crippen molar-refractivity contribution in [3.63, 3.8) is 0 Å². The maximum absolute atomic E-state index is 12.2. The van der Waals surface area contributed by atoms with E-state index in [1.807, 2.05) is 0 Å². The fourth-order valence-electron chi connectivity index (χ4n) is 3.08. The molecule has 0 radical (unpaired) electrons. The third-order valence-corrected chi connectivity index (χ3v) is 4.60. The van der Waals surface area contributed by atoms with E-state index in [0.29, 0.717) is 17.7 Å². The highest BCUT2D eigenvalue weighted by molar-refractivity contribution is 6.03. The molecule has 2 N–H and O–H groups in total. The van der Waals surface area contributed by atoms with E-state index in [2.05, 4.69) is 26.8 Å². The standard InChI is InChI=1S/C20H28O4/c1-12(2)7-6-9-20(5)10-8-14-16(24-20)11-15(21)17(19(14)23)18(22)13(3)4/h7,11,13,21,23H,6,8-10H2,1-5H3. The molecule has 0 saturated heterocycles.